The van der Waals surface area contributed by atoms with Gasteiger partial charge >= 0.3 is 0 Å². The molecule has 5 aromatic rings. The van der Waals surface area contributed by atoms with Crippen LogP contribution in [0.2, 0.25) is 0 Å². The Balaban J connectivity index is 0.000000322. The lowest BCUT2D eigenvalue weighted by molar-refractivity contribution is 0.279. The Morgan fingerprint density at radius 2 is 1.08 bits per heavy atom. The van der Waals surface area contributed by atoms with Gasteiger partial charge in [-0.05, 0) is 86.0 Å². The van der Waals surface area contributed by atoms with Gasteiger partial charge in [0.1, 0.15) is 45.6 Å². The number of nitrogens with two attached hydrogens (primary N) is 2. The van der Waals surface area contributed by atoms with Gasteiger partial charge in [-0.3, -0.25) is 24.7 Å². The smallest absolute Gasteiger partial charge is 0.267 e. The van der Waals surface area contributed by atoms with E-state index in [0.717, 1.165) is 55.0 Å². The number of phenols is 4. The van der Waals surface area contributed by atoms with Crippen molar-refractivity contribution in [2.75, 3.05) is 37.9 Å². The molecule has 0 saturated carbocycles. The van der Waals surface area contributed by atoms with E-state index in [0.29, 0.717) is 24.3 Å². The highest BCUT2D eigenvalue weighted by atomic mass is 32.2. The third kappa shape index (κ3) is 18.0. The summed E-state index contributed by atoms with van der Waals surface area (Å²) in [5, 5.41) is 78.0. The molecule has 15 N–H and O–H groups in total. The lowest BCUT2D eigenvalue weighted by atomic mass is 10.1. The number of hydrogen-bond donors (Lipinski definition) is 13. The third-order valence-electron chi connectivity index (χ3n) is 7.53. The molecule has 332 valence electrons. The Morgan fingerprint density at radius 1 is 0.623 bits per heavy atom. The van der Waals surface area contributed by atoms with E-state index in [1.54, 1.807) is 24.3 Å². The van der Waals surface area contributed by atoms with Crippen molar-refractivity contribution in [1.82, 2.24) is 0 Å². The summed E-state index contributed by atoms with van der Waals surface area (Å²) in [5.41, 5.74) is 11.3. The molecule has 0 aliphatic rings. The molecule has 5 rings (SSSR count). The molecule has 0 unspecified atom stereocenters. The van der Waals surface area contributed by atoms with Crippen LogP contribution in [0.3, 0.4) is 0 Å². The number of amidine groups is 2. The maximum absolute atomic E-state index is 12.1. The van der Waals surface area contributed by atoms with Crippen molar-refractivity contribution in [2.24, 2.45) is 11.5 Å². The first kappa shape index (κ1) is 50.5. The van der Waals surface area contributed by atoms with Crippen molar-refractivity contribution in [3.05, 3.63) is 100 Å². The topological polar surface area (TPSA) is 399 Å². The van der Waals surface area contributed by atoms with E-state index in [4.69, 9.17) is 55.5 Å². The molecule has 0 atom stereocenters. The highest BCUT2D eigenvalue weighted by Gasteiger charge is 2.19. The number of aromatic hydroxyl groups is 5. The van der Waals surface area contributed by atoms with Crippen LogP contribution in [0.4, 0.5) is 0 Å². The average Bonchev–Trinajstić information content (AvgIpc) is 3.17. The number of nitrogens with one attached hydrogen (secondary N) is 2. The number of benzene rings is 4. The fourth-order valence-corrected chi connectivity index (χ4v) is 5.05. The molecule has 0 fully saturated rings. The summed E-state index contributed by atoms with van der Waals surface area (Å²) in [4.78, 5) is 12.1. The Labute approximate surface area is 348 Å². The summed E-state index contributed by atoms with van der Waals surface area (Å²) in [5.74, 6) is -2.18. The Bertz CT molecular complexity index is 2420. The molecular weight excluding hydrogens is 849 g/mol. The van der Waals surface area contributed by atoms with Gasteiger partial charge in [0.2, 0.25) is 11.2 Å². The molecule has 0 aliphatic heterocycles. The van der Waals surface area contributed by atoms with Gasteiger partial charge in [0.25, 0.3) is 20.2 Å². The zero-order chi connectivity index (χ0) is 45.9. The second kappa shape index (κ2) is 23.8. The van der Waals surface area contributed by atoms with Crippen LogP contribution in [0.15, 0.2) is 88.1 Å². The van der Waals surface area contributed by atoms with Crippen molar-refractivity contribution in [1.29, 1.82) is 10.8 Å². The van der Waals surface area contributed by atoms with Gasteiger partial charge in [-0.1, -0.05) is 0 Å². The highest BCUT2D eigenvalue weighted by Crippen LogP contribution is 2.37. The Morgan fingerprint density at radius 3 is 1.46 bits per heavy atom. The van der Waals surface area contributed by atoms with Crippen LogP contribution in [0.5, 0.6) is 40.2 Å². The van der Waals surface area contributed by atoms with Crippen LogP contribution >= 0.6 is 0 Å². The summed E-state index contributed by atoms with van der Waals surface area (Å²) in [6.45, 7) is 0.233. The molecule has 21 nitrogen and oxygen atoms in total. The van der Waals surface area contributed by atoms with Crippen molar-refractivity contribution >= 4 is 42.9 Å². The molecule has 4 aromatic carbocycles. The minimum absolute atomic E-state index is 0.0579. The minimum Gasteiger partial charge on any atom is -0.508 e. The van der Waals surface area contributed by atoms with Crippen molar-refractivity contribution < 1.29 is 75.6 Å². The van der Waals surface area contributed by atoms with Gasteiger partial charge in [0.15, 0.2) is 17.3 Å². The standard InChI is InChI=1S/C19H24N4O2.C15H10O7.2C2H6O4S/c20-18(21)14-4-8-16(9-5-14)24-12-2-1-3-13-25-17-10-6-15(7-11-17)19(22)23;16-7-4-10(19)12-11(5-7)22-15(14(21)13(12)20)6-1-2-8(17)9(18)3-6;2*3-1-2-7(4,5)6/h4-11H,1-3,12-13H2,(H3,20,21)(H3,22,23);1-5,16-19,21H;2*3H,1-2H2,(H,4,5,6). The van der Waals surface area contributed by atoms with E-state index in [1.807, 2.05) is 24.3 Å². The van der Waals surface area contributed by atoms with Gasteiger partial charge in [-0.25, -0.2) is 0 Å². The molecule has 1 aromatic heterocycles. The van der Waals surface area contributed by atoms with Gasteiger partial charge in [0, 0.05) is 28.8 Å². The first-order valence-corrected chi connectivity index (χ1v) is 20.8. The quantitative estimate of drug-likeness (QED) is 0.0236. The summed E-state index contributed by atoms with van der Waals surface area (Å²) >= 11 is 0. The lowest BCUT2D eigenvalue weighted by Gasteiger charge is -2.08. The normalized spacial score (nSPS) is 10.8. The summed E-state index contributed by atoms with van der Waals surface area (Å²) in [6.07, 6.45) is 2.90. The highest BCUT2D eigenvalue weighted by molar-refractivity contribution is 7.86. The first-order valence-electron chi connectivity index (χ1n) is 17.6. The Hall–Kier alpha value is -6.63. The second-order valence-corrected chi connectivity index (χ2v) is 15.4. The molecular formula is C38H46N4O17S2. The number of aliphatic hydroxyl groups is 2. The number of ether oxygens (including phenoxy) is 2. The minimum atomic E-state index is -3.92. The first-order chi connectivity index (χ1) is 28.6. The van der Waals surface area contributed by atoms with Crippen LogP contribution in [-0.4, -0.2) is 111 Å². The molecule has 1 heterocycles. The number of nitrogen functional groups attached to an aromatic ring is 2. The molecule has 61 heavy (non-hydrogen) atoms. The molecule has 0 spiro atoms. The predicted molar refractivity (Wildman–Crippen MR) is 223 cm³/mol. The monoisotopic (exact) mass is 894 g/mol. The molecule has 0 saturated heterocycles. The van der Waals surface area contributed by atoms with E-state index in [9.17, 15) is 47.2 Å². The van der Waals surface area contributed by atoms with Gasteiger partial charge in [-0.2, -0.15) is 16.8 Å². The molecule has 0 aliphatic carbocycles. The zero-order valence-electron chi connectivity index (χ0n) is 32.1. The molecule has 0 bridgehead atoms. The van der Waals surface area contributed by atoms with Gasteiger partial charge in [0.05, 0.1) is 37.9 Å². The van der Waals surface area contributed by atoms with Crippen LogP contribution in [0.25, 0.3) is 22.3 Å². The summed E-state index contributed by atoms with van der Waals surface area (Å²) in [6, 6.07) is 20.1. The predicted octanol–water partition coefficient (Wildman–Crippen LogP) is 2.60. The average molecular weight is 895 g/mol. The van der Waals surface area contributed by atoms with Crippen molar-refractivity contribution in [2.45, 2.75) is 19.3 Å². The van der Waals surface area contributed by atoms with Crippen molar-refractivity contribution in [3.63, 3.8) is 0 Å². The van der Waals surface area contributed by atoms with E-state index < -0.39 is 67.6 Å². The lowest BCUT2D eigenvalue weighted by Crippen LogP contribution is -2.10. The third-order valence-corrected chi connectivity index (χ3v) is 8.93. The number of hydrogen-bond acceptors (Lipinski definition) is 17. The van der Waals surface area contributed by atoms with Crippen LogP contribution < -0.4 is 26.4 Å². The fraction of sp³-hybridized carbons (Fsp3) is 0.237. The maximum Gasteiger partial charge on any atom is 0.267 e. The largest absolute Gasteiger partial charge is 0.508 e. The molecule has 0 radical (unpaired) electrons. The number of unbranched alkanes of at least 4 members (excludes halogenated alkanes) is 2. The number of aliphatic hydroxyl groups excluding tert-OH is 2. The van der Waals surface area contributed by atoms with Crippen molar-refractivity contribution in [3.8, 4) is 51.6 Å². The van der Waals surface area contributed by atoms with Crippen LogP contribution in [0.1, 0.15) is 30.4 Å². The van der Waals surface area contributed by atoms with E-state index in [1.165, 1.54) is 6.07 Å². The summed E-state index contributed by atoms with van der Waals surface area (Å²) in [7, 11) is -7.85. The van der Waals surface area contributed by atoms with Crippen LogP contribution in [-0.2, 0) is 20.2 Å². The van der Waals surface area contributed by atoms with E-state index in [2.05, 4.69) is 0 Å². The molecule has 0 amide bonds. The second-order valence-electron chi connectivity index (χ2n) is 12.3. The van der Waals surface area contributed by atoms with E-state index in [-0.39, 0.29) is 45.5 Å². The molecule has 23 heteroatoms. The Kier molecular flexibility index (Phi) is 19.7. The number of rotatable bonds is 15. The SMILES string of the molecule is N=C(N)c1ccc(OCCCCCOc2ccc(C(=N)N)cc2)cc1.O=S(=O)(O)CCO.O=S(=O)(O)CCO.O=c1c(O)c(-c2ccc(O)c(O)c2)oc2cc(O)cc(O)c12. The van der Waals surface area contributed by atoms with E-state index >= 15 is 0 Å². The van der Waals surface area contributed by atoms with Gasteiger partial charge < -0.3 is 61.1 Å². The number of fused-ring (bicyclic) bond motifs is 1. The maximum atomic E-state index is 12.1. The fourth-order valence-electron chi connectivity index (χ4n) is 4.59. The number of phenolic OH excluding ortho intramolecular Hbond substituents is 4. The van der Waals surface area contributed by atoms with Crippen LogP contribution in [0, 0.1) is 10.8 Å². The zero-order valence-corrected chi connectivity index (χ0v) is 33.8. The summed E-state index contributed by atoms with van der Waals surface area (Å²) < 4.78 is 70.8. The van der Waals surface area contributed by atoms with Gasteiger partial charge in [-0.15, -0.1) is 0 Å².